The van der Waals surface area contributed by atoms with Gasteiger partial charge in [0.1, 0.15) is 17.0 Å². The largest absolute Gasteiger partial charge is 0.494 e. The van der Waals surface area contributed by atoms with E-state index in [-0.39, 0.29) is 11.9 Å². The van der Waals surface area contributed by atoms with Gasteiger partial charge in [0.05, 0.1) is 34.0 Å². The molecule has 0 radical (unpaired) electrons. The van der Waals surface area contributed by atoms with Crippen LogP contribution in [0.1, 0.15) is 63.8 Å². The Morgan fingerprint density at radius 2 is 1.72 bits per heavy atom. The number of amides is 1. The second-order valence-electron chi connectivity index (χ2n) is 14.1. The van der Waals surface area contributed by atoms with E-state index in [1.54, 1.807) is 6.92 Å². The molecule has 14 heteroatoms. The monoisotopic (exact) mass is 750 g/mol. The summed E-state index contributed by atoms with van der Waals surface area (Å²) >= 11 is 13.5. The van der Waals surface area contributed by atoms with E-state index in [0.717, 1.165) is 72.1 Å². The summed E-state index contributed by atoms with van der Waals surface area (Å²) in [7, 11) is 3.90. The molecule has 12 nitrogen and oxygen atoms in total. The van der Waals surface area contributed by atoms with E-state index in [4.69, 9.17) is 38.0 Å². The fourth-order valence-corrected chi connectivity index (χ4v) is 8.21. The standard InChI is InChI=1S/C39H40Cl2N10O2/c1-20-16-26(17-21(2)35(20)41)53-15-9-10-27-28-11-12-29(40)34(33-23(4)44-48(8)24(33)5)37(28)50-22(3)18-49(39(52)38(27)50)31-19-47(7)30-13-14-32(42-36(30)31)51-45-25(6)43-46-51/h11-14,16-17,19,22H,9-10,15,18H2,1-8H3/t22-/m1/s1. The Bertz CT molecular complexity index is 2590. The van der Waals surface area contributed by atoms with Gasteiger partial charge in [0.2, 0.25) is 0 Å². The molecule has 1 aliphatic heterocycles. The first kappa shape index (κ1) is 34.9. The average Bonchev–Trinajstić information content (AvgIpc) is 3.86. The van der Waals surface area contributed by atoms with Gasteiger partial charge in [0.25, 0.3) is 5.91 Å². The lowest BCUT2D eigenvalue weighted by Crippen LogP contribution is -2.42. The molecule has 0 bridgehead atoms. The molecular weight excluding hydrogens is 711 g/mol. The Balaban J connectivity index is 1.26. The van der Waals surface area contributed by atoms with Crippen LogP contribution < -0.4 is 9.64 Å². The minimum atomic E-state index is -0.109. The van der Waals surface area contributed by atoms with Crippen LogP contribution in [0.4, 0.5) is 5.69 Å². The van der Waals surface area contributed by atoms with E-state index >= 15 is 4.79 Å². The number of tetrazole rings is 1. The lowest BCUT2D eigenvalue weighted by Gasteiger charge is -2.34. The predicted octanol–water partition coefficient (Wildman–Crippen LogP) is 7.99. The van der Waals surface area contributed by atoms with Crippen LogP contribution in [0.3, 0.4) is 0 Å². The van der Waals surface area contributed by atoms with Crippen molar-refractivity contribution in [2.24, 2.45) is 14.1 Å². The zero-order valence-corrected chi connectivity index (χ0v) is 32.5. The van der Waals surface area contributed by atoms with Crippen LogP contribution in [0, 0.1) is 34.6 Å². The molecule has 6 heterocycles. The van der Waals surface area contributed by atoms with Gasteiger partial charge in [-0.05, 0) is 107 Å². The number of halogens is 2. The molecule has 0 unspecified atom stereocenters. The molecule has 7 aromatic rings. The number of aryl methyl sites for hydroxylation is 7. The topological polar surface area (TPSA) is 114 Å². The number of aromatic nitrogens is 9. The smallest absolute Gasteiger partial charge is 0.275 e. The number of ether oxygens (including phenoxy) is 1. The first-order valence-electron chi connectivity index (χ1n) is 17.6. The van der Waals surface area contributed by atoms with Crippen molar-refractivity contribution in [3.05, 3.63) is 92.2 Å². The highest BCUT2D eigenvalue weighted by Gasteiger charge is 2.38. The van der Waals surface area contributed by atoms with E-state index in [9.17, 15) is 0 Å². The third-order valence-electron chi connectivity index (χ3n) is 10.4. The molecule has 0 spiro atoms. The summed E-state index contributed by atoms with van der Waals surface area (Å²) < 4.78 is 12.3. The summed E-state index contributed by atoms with van der Waals surface area (Å²) in [5, 5.41) is 19.6. The van der Waals surface area contributed by atoms with Crippen molar-refractivity contribution < 1.29 is 9.53 Å². The van der Waals surface area contributed by atoms with Gasteiger partial charge in [-0.3, -0.25) is 9.48 Å². The number of hydrogen-bond donors (Lipinski definition) is 0. The van der Waals surface area contributed by atoms with Crippen molar-refractivity contribution in [2.45, 2.75) is 60.4 Å². The molecule has 0 fully saturated rings. The summed E-state index contributed by atoms with van der Waals surface area (Å²) in [4.78, 5) is 23.4. The van der Waals surface area contributed by atoms with Gasteiger partial charge in [0, 0.05) is 60.1 Å². The summed E-state index contributed by atoms with van der Waals surface area (Å²) in [6, 6.07) is 11.6. The molecule has 5 aromatic heterocycles. The number of hydrogen-bond acceptors (Lipinski definition) is 7. The number of carbonyl (C=O) groups is 1. The van der Waals surface area contributed by atoms with E-state index in [0.29, 0.717) is 53.9 Å². The predicted molar refractivity (Wildman–Crippen MR) is 208 cm³/mol. The SMILES string of the molecule is Cc1nnn(-c2ccc3c(n2)c(N2C[C@@H](C)n4c(c(CCCOc5cc(C)c(Cl)c(C)c5)c5ccc(Cl)c(-c6c(C)nn(C)c6C)c54)C2=O)cn3C)n1. The maximum atomic E-state index is 15.1. The molecule has 0 saturated heterocycles. The van der Waals surface area contributed by atoms with Crippen molar-refractivity contribution >= 4 is 56.7 Å². The number of benzene rings is 2. The summed E-state index contributed by atoms with van der Waals surface area (Å²) in [6.07, 6.45) is 3.26. The number of nitrogens with zero attached hydrogens (tertiary/aromatic N) is 10. The Morgan fingerprint density at radius 1 is 0.962 bits per heavy atom. The van der Waals surface area contributed by atoms with Crippen molar-refractivity contribution in [3.8, 4) is 22.7 Å². The molecule has 2 aromatic carbocycles. The van der Waals surface area contributed by atoms with Gasteiger partial charge in [-0.15, -0.1) is 15.0 Å². The van der Waals surface area contributed by atoms with Crippen molar-refractivity contribution in [3.63, 3.8) is 0 Å². The maximum Gasteiger partial charge on any atom is 0.275 e. The van der Waals surface area contributed by atoms with E-state index in [1.165, 1.54) is 4.80 Å². The number of fused-ring (bicyclic) bond motifs is 4. The Labute approximate surface area is 316 Å². The van der Waals surface area contributed by atoms with Crippen LogP contribution in [0.15, 0.2) is 42.6 Å². The van der Waals surface area contributed by atoms with E-state index in [2.05, 4.69) is 39.9 Å². The second-order valence-corrected chi connectivity index (χ2v) is 14.8. The normalized spacial score (nSPS) is 14.6. The van der Waals surface area contributed by atoms with Crippen LogP contribution >= 0.6 is 23.2 Å². The molecule has 8 rings (SSSR count). The van der Waals surface area contributed by atoms with Crippen LogP contribution in [-0.2, 0) is 20.5 Å². The van der Waals surface area contributed by atoms with Gasteiger partial charge >= 0.3 is 0 Å². The lowest BCUT2D eigenvalue weighted by molar-refractivity contribution is 0.0957. The summed E-state index contributed by atoms with van der Waals surface area (Å²) in [6.45, 7) is 12.8. The van der Waals surface area contributed by atoms with Gasteiger partial charge in [-0.25, -0.2) is 4.98 Å². The van der Waals surface area contributed by atoms with Gasteiger partial charge in [0.15, 0.2) is 11.6 Å². The number of pyridine rings is 1. The third-order valence-corrected chi connectivity index (χ3v) is 11.3. The summed E-state index contributed by atoms with van der Waals surface area (Å²) in [5.74, 6) is 1.74. The van der Waals surface area contributed by atoms with Crippen molar-refractivity contribution in [1.82, 2.24) is 44.1 Å². The fourth-order valence-electron chi connectivity index (χ4n) is 7.86. The minimum absolute atomic E-state index is 0.102. The molecule has 0 N–H and O–H groups in total. The van der Waals surface area contributed by atoms with Crippen LogP contribution in [0.25, 0.3) is 38.9 Å². The molecule has 0 aliphatic carbocycles. The zero-order valence-electron chi connectivity index (χ0n) is 31.0. The highest BCUT2D eigenvalue weighted by atomic mass is 35.5. The molecule has 1 atom stereocenters. The second kappa shape index (κ2) is 13.0. The van der Waals surface area contributed by atoms with Crippen molar-refractivity contribution in [2.75, 3.05) is 18.1 Å². The number of anilines is 1. The van der Waals surface area contributed by atoms with Crippen molar-refractivity contribution in [1.29, 1.82) is 0 Å². The highest BCUT2D eigenvalue weighted by Crippen LogP contribution is 2.45. The summed E-state index contributed by atoms with van der Waals surface area (Å²) in [5.41, 5.74) is 10.5. The molecule has 1 amide bonds. The Hall–Kier alpha value is -5.20. The molecule has 272 valence electrons. The van der Waals surface area contributed by atoms with Gasteiger partial charge in [-0.1, -0.05) is 29.3 Å². The fraction of sp³-hybridized carbons (Fsp3) is 0.333. The Kier molecular flexibility index (Phi) is 8.57. The lowest BCUT2D eigenvalue weighted by atomic mass is 9.98. The quantitative estimate of drug-likeness (QED) is 0.145. The minimum Gasteiger partial charge on any atom is -0.494 e. The first-order chi connectivity index (χ1) is 25.3. The zero-order chi connectivity index (χ0) is 37.5. The first-order valence-corrected chi connectivity index (χ1v) is 18.4. The molecular formula is C39H40Cl2N10O2. The van der Waals surface area contributed by atoms with Crippen LogP contribution in [-0.4, -0.2) is 63.2 Å². The highest BCUT2D eigenvalue weighted by molar-refractivity contribution is 6.35. The van der Waals surface area contributed by atoms with E-state index in [1.807, 2.05) is 85.5 Å². The number of carbonyl (C=O) groups excluding carboxylic acids is 1. The van der Waals surface area contributed by atoms with Gasteiger partial charge < -0.3 is 18.8 Å². The van der Waals surface area contributed by atoms with Crippen LogP contribution in [0.5, 0.6) is 5.75 Å². The van der Waals surface area contributed by atoms with E-state index < -0.39 is 0 Å². The van der Waals surface area contributed by atoms with Gasteiger partial charge in [-0.2, -0.15) is 5.10 Å². The molecule has 53 heavy (non-hydrogen) atoms. The Morgan fingerprint density at radius 3 is 2.40 bits per heavy atom. The molecule has 1 aliphatic rings. The average molecular weight is 752 g/mol. The molecule has 0 saturated carbocycles. The third kappa shape index (κ3) is 5.66. The maximum absolute atomic E-state index is 15.1. The number of rotatable bonds is 8. The van der Waals surface area contributed by atoms with Crippen LogP contribution in [0.2, 0.25) is 10.0 Å².